The van der Waals surface area contributed by atoms with Gasteiger partial charge in [-0.25, -0.2) is 4.79 Å². The average molecular weight is 297 g/mol. The van der Waals surface area contributed by atoms with Crippen molar-refractivity contribution in [3.8, 4) is 6.07 Å². The molecule has 1 saturated heterocycles. The summed E-state index contributed by atoms with van der Waals surface area (Å²) in [5.74, 6) is 0.0419. The lowest BCUT2D eigenvalue weighted by molar-refractivity contribution is -0.134. The first-order chi connectivity index (χ1) is 10.6. The Morgan fingerprint density at radius 2 is 2.23 bits per heavy atom. The molecule has 114 valence electrons. The second-order valence-corrected chi connectivity index (χ2v) is 6.25. The quantitative estimate of drug-likeness (QED) is 0.853. The Bertz CT molecular complexity index is 664. The maximum Gasteiger partial charge on any atom is 0.325 e. The standard InChI is InChI=1S/C17H19N3O2/c1-12-5-2-3-8-17(12)15(21)20(16(22)19-17)11-14-7-4-6-13(9-14)10-18/h4,6-7,9,12H,2-3,5,8,11H2,1H3,(H,19,22). The Balaban J connectivity index is 1.84. The second-order valence-electron chi connectivity index (χ2n) is 6.25. The van der Waals surface area contributed by atoms with E-state index in [9.17, 15) is 9.59 Å². The van der Waals surface area contributed by atoms with Gasteiger partial charge in [0.2, 0.25) is 0 Å². The lowest BCUT2D eigenvalue weighted by Crippen LogP contribution is -2.53. The van der Waals surface area contributed by atoms with Crippen LogP contribution >= 0.6 is 0 Å². The lowest BCUT2D eigenvalue weighted by Gasteiger charge is -2.36. The number of carbonyl (C=O) groups excluding carboxylic acids is 2. The summed E-state index contributed by atoms with van der Waals surface area (Å²) in [6.07, 6.45) is 3.75. The number of hydrogen-bond donors (Lipinski definition) is 1. The van der Waals surface area contributed by atoms with Gasteiger partial charge in [-0.1, -0.05) is 31.9 Å². The third-order valence-electron chi connectivity index (χ3n) is 4.90. The van der Waals surface area contributed by atoms with E-state index in [0.29, 0.717) is 12.0 Å². The first-order valence-corrected chi connectivity index (χ1v) is 7.70. The molecule has 1 aromatic carbocycles. The van der Waals surface area contributed by atoms with Crippen molar-refractivity contribution in [1.82, 2.24) is 10.2 Å². The number of carbonyl (C=O) groups is 2. The molecular weight excluding hydrogens is 278 g/mol. The highest BCUT2D eigenvalue weighted by Gasteiger charge is 2.54. The van der Waals surface area contributed by atoms with Crippen LogP contribution in [0.15, 0.2) is 24.3 Å². The van der Waals surface area contributed by atoms with Gasteiger partial charge in [0, 0.05) is 0 Å². The van der Waals surface area contributed by atoms with Gasteiger partial charge in [-0.05, 0) is 36.5 Å². The normalized spacial score (nSPS) is 27.8. The Labute approximate surface area is 129 Å². The second kappa shape index (κ2) is 5.45. The molecule has 5 heteroatoms. The fourth-order valence-corrected chi connectivity index (χ4v) is 3.56. The highest BCUT2D eigenvalue weighted by molar-refractivity contribution is 6.07. The zero-order chi connectivity index (χ0) is 15.7. The molecule has 0 aromatic heterocycles. The number of hydrogen-bond acceptors (Lipinski definition) is 3. The van der Waals surface area contributed by atoms with E-state index in [-0.39, 0.29) is 24.4 Å². The van der Waals surface area contributed by atoms with Crippen molar-refractivity contribution in [3.63, 3.8) is 0 Å². The topological polar surface area (TPSA) is 73.2 Å². The Morgan fingerprint density at radius 3 is 2.95 bits per heavy atom. The molecule has 0 bridgehead atoms. The zero-order valence-electron chi connectivity index (χ0n) is 12.6. The number of urea groups is 1. The van der Waals surface area contributed by atoms with Gasteiger partial charge in [-0.2, -0.15) is 5.26 Å². The van der Waals surface area contributed by atoms with Crippen LogP contribution in [-0.2, 0) is 11.3 Å². The highest BCUT2D eigenvalue weighted by Crippen LogP contribution is 2.38. The minimum Gasteiger partial charge on any atom is -0.323 e. The molecule has 0 radical (unpaired) electrons. The zero-order valence-corrected chi connectivity index (χ0v) is 12.6. The summed E-state index contributed by atoms with van der Waals surface area (Å²) in [6.45, 7) is 2.26. The van der Waals surface area contributed by atoms with Gasteiger partial charge in [-0.15, -0.1) is 0 Å². The highest BCUT2D eigenvalue weighted by atomic mass is 16.2. The predicted molar refractivity (Wildman–Crippen MR) is 80.6 cm³/mol. The van der Waals surface area contributed by atoms with Crippen LogP contribution in [0.2, 0.25) is 0 Å². The van der Waals surface area contributed by atoms with Crippen molar-refractivity contribution in [2.45, 2.75) is 44.7 Å². The van der Waals surface area contributed by atoms with Crippen LogP contribution in [0.1, 0.15) is 43.7 Å². The van der Waals surface area contributed by atoms with Crippen molar-refractivity contribution in [1.29, 1.82) is 5.26 Å². The van der Waals surface area contributed by atoms with Crippen LogP contribution in [0.3, 0.4) is 0 Å². The Kier molecular flexibility index (Phi) is 3.61. The van der Waals surface area contributed by atoms with Crippen molar-refractivity contribution >= 4 is 11.9 Å². The van der Waals surface area contributed by atoms with Crippen molar-refractivity contribution in [2.75, 3.05) is 0 Å². The van der Waals surface area contributed by atoms with E-state index >= 15 is 0 Å². The Hall–Kier alpha value is -2.35. The molecule has 1 spiro atoms. The number of amides is 3. The maximum absolute atomic E-state index is 12.8. The maximum atomic E-state index is 12.8. The molecule has 2 aliphatic rings. The molecule has 3 amide bonds. The minimum atomic E-state index is -0.720. The number of nitrogens with zero attached hydrogens (tertiary/aromatic N) is 2. The van der Waals surface area contributed by atoms with Crippen molar-refractivity contribution in [3.05, 3.63) is 35.4 Å². The number of benzene rings is 1. The largest absolute Gasteiger partial charge is 0.325 e. The fourth-order valence-electron chi connectivity index (χ4n) is 3.56. The van der Waals surface area contributed by atoms with Crippen LogP contribution in [0, 0.1) is 17.2 Å². The molecule has 1 heterocycles. The molecule has 1 saturated carbocycles. The summed E-state index contributed by atoms with van der Waals surface area (Å²) < 4.78 is 0. The van der Waals surface area contributed by atoms with E-state index in [1.165, 1.54) is 4.90 Å². The van der Waals surface area contributed by atoms with Crippen LogP contribution in [-0.4, -0.2) is 22.4 Å². The molecule has 2 unspecified atom stereocenters. The first-order valence-electron chi connectivity index (χ1n) is 7.70. The van der Waals surface area contributed by atoms with Gasteiger partial charge in [0.05, 0.1) is 18.2 Å². The minimum absolute atomic E-state index is 0.118. The van der Waals surface area contributed by atoms with Gasteiger partial charge >= 0.3 is 6.03 Å². The predicted octanol–water partition coefficient (Wildman–Crippen LogP) is 2.56. The van der Waals surface area contributed by atoms with E-state index in [1.807, 2.05) is 13.0 Å². The van der Waals surface area contributed by atoms with Crippen LogP contribution in [0.5, 0.6) is 0 Å². The molecular formula is C17H19N3O2. The van der Waals surface area contributed by atoms with Crippen LogP contribution in [0.4, 0.5) is 4.79 Å². The van der Waals surface area contributed by atoms with Crippen LogP contribution in [0.25, 0.3) is 0 Å². The monoisotopic (exact) mass is 297 g/mol. The summed E-state index contributed by atoms with van der Waals surface area (Å²) in [5.41, 5.74) is 0.607. The number of nitrogens with one attached hydrogen (secondary N) is 1. The summed E-state index contributed by atoms with van der Waals surface area (Å²) >= 11 is 0. The smallest absolute Gasteiger partial charge is 0.323 e. The van der Waals surface area contributed by atoms with E-state index in [2.05, 4.69) is 11.4 Å². The fraction of sp³-hybridized carbons (Fsp3) is 0.471. The van der Waals surface area contributed by atoms with Crippen molar-refractivity contribution < 1.29 is 9.59 Å². The molecule has 5 nitrogen and oxygen atoms in total. The number of rotatable bonds is 2. The lowest BCUT2D eigenvalue weighted by atomic mass is 9.73. The molecule has 2 atom stereocenters. The summed E-state index contributed by atoms with van der Waals surface area (Å²) in [4.78, 5) is 26.4. The third kappa shape index (κ3) is 2.25. The first kappa shape index (κ1) is 14.6. The average Bonchev–Trinajstić information content (AvgIpc) is 2.76. The van der Waals surface area contributed by atoms with Gasteiger partial charge in [0.1, 0.15) is 5.54 Å². The summed E-state index contributed by atoms with van der Waals surface area (Å²) in [6, 6.07) is 8.78. The van der Waals surface area contributed by atoms with E-state index < -0.39 is 5.54 Å². The molecule has 1 aliphatic heterocycles. The number of imide groups is 1. The number of nitriles is 1. The SMILES string of the molecule is CC1CCCCC12NC(=O)N(Cc1cccc(C#N)c1)C2=O. The molecule has 22 heavy (non-hydrogen) atoms. The van der Waals surface area contributed by atoms with Crippen LogP contribution < -0.4 is 5.32 Å². The summed E-state index contributed by atoms with van der Waals surface area (Å²) in [5, 5.41) is 11.9. The van der Waals surface area contributed by atoms with Crippen molar-refractivity contribution in [2.24, 2.45) is 5.92 Å². The Morgan fingerprint density at radius 1 is 1.41 bits per heavy atom. The molecule has 1 aromatic rings. The van der Waals surface area contributed by atoms with Gasteiger partial charge in [-0.3, -0.25) is 9.69 Å². The molecule has 1 N–H and O–H groups in total. The molecule has 3 rings (SSSR count). The van der Waals surface area contributed by atoms with Gasteiger partial charge in [0.25, 0.3) is 5.91 Å². The molecule has 1 aliphatic carbocycles. The van der Waals surface area contributed by atoms with E-state index in [4.69, 9.17) is 5.26 Å². The van der Waals surface area contributed by atoms with Gasteiger partial charge < -0.3 is 5.32 Å². The molecule has 2 fully saturated rings. The third-order valence-corrected chi connectivity index (χ3v) is 4.90. The van der Waals surface area contributed by atoms with E-state index in [0.717, 1.165) is 24.8 Å². The van der Waals surface area contributed by atoms with Gasteiger partial charge in [0.15, 0.2) is 0 Å². The van der Waals surface area contributed by atoms with E-state index in [1.54, 1.807) is 18.2 Å². The summed E-state index contributed by atoms with van der Waals surface area (Å²) in [7, 11) is 0.